The van der Waals surface area contributed by atoms with Crippen molar-refractivity contribution in [3.8, 4) is 0 Å². The molecule has 0 spiro atoms. The zero-order valence-corrected chi connectivity index (χ0v) is 12.7. The largest absolute Gasteiger partial charge is 0.313 e. The minimum atomic E-state index is 0.123. The molecule has 0 aliphatic carbocycles. The van der Waals surface area contributed by atoms with Gasteiger partial charge in [0.15, 0.2) is 0 Å². The number of aromatic nitrogens is 1. The number of hydrogen-bond donors (Lipinski definition) is 1. The molecule has 3 nitrogen and oxygen atoms in total. The van der Waals surface area contributed by atoms with Crippen LogP contribution in [-0.2, 0) is 13.1 Å². The van der Waals surface area contributed by atoms with Gasteiger partial charge in [-0.3, -0.25) is 9.88 Å². The third kappa shape index (κ3) is 5.53. The molecule has 0 radical (unpaired) electrons. The molecule has 0 unspecified atom stereocenters. The van der Waals surface area contributed by atoms with E-state index in [1.54, 1.807) is 0 Å². The summed E-state index contributed by atoms with van der Waals surface area (Å²) in [5.74, 6) is 0. The summed E-state index contributed by atoms with van der Waals surface area (Å²) in [6.45, 7) is 16.2. The average molecular weight is 261 g/mol. The van der Waals surface area contributed by atoms with E-state index in [1.807, 2.05) is 12.3 Å². The van der Waals surface area contributed by atoms with Gasteiger partial charge in [-0.05, 0) is 38.9 Å². The average Bonchev–Trinajstić information content (AvgIpc) is 2.36. The number of hydrogen-bond acceptors (Lipinski definition) is 3. The van der Waals surface area contributed by atoms with E-state index >= 15 is 0 Å². The lowest BCUT2D eigenvalue weighted by Gasteiger charge is -2.34. The molecular formula is C16H27N3. The summed E-state index contributed by atoms with van der Waals surface area (Å²) in [6.07, 6.45) is 3.91. The van der Waals surface area contributed by atoms with Gasteiger partial charge >= 0.3 is 0 Å². The van der Waals surface area contributed by atoms with Crippen LogP contribution >= 0.6 is 0 Å². The van der Waals surface area contributed by atoms with Crippen molar-refractivity contribution < 1.29 is 0 Å². The molecule has 3 heteroatoms. The molecule has 0 bridgehead atoms. The Morgan fingerprint density at radius 2 is 2.11 bits per heavy atom. The van der Waals surface area contributed by atoms with Crippen LogP contribution in [0.1, 0.15) is 39.0 Å². The van der Waals surface area contributed by atoms with E-state index in [0.29, 0.717) is 0 Å². The first-order valence-electron chi connectivity index (χ1n) is 6.98. The Kier molecular flexibility index (Phi) is 6.19. The van der Waals surface area contributed by atoms with Crippen molar-refractivity contribution in [3.05, 3.63) is 42.2 Å². The van der Waals surface area contributed by atoms with E-state index in [-0.39, 0.29) is 5.54 Å². The highest BCUT2D eigenvalue weighted by Crippen LogP contribution is 2.16. The summed E-state index contributed by atoms with van der Waals surface area (Å²) in [7, 11) is 0. The molecule has 0 atom stereocenters. The molecule has 106 valence electrons. The van der Waals surface area contributed by atoms with E-state index in [4.69, 9.17) is 0 Å². The van der Waals surface area contributed by atoms with Gasteiger partial charge in [0.1, 0.15) is 0 Å². The number of pyridine rings is 1. The highest BCUT2D eigenvalue weighted by Gasteiger charge is 2.20. The molecule has 0 saturated heterocycles. The zero-order valence-electron chi connectivity index (χ0n) is 12.7. The van der Waals surface area contributed by atoms with Crippen molar-refractivity contribution in [1.82, 2.24) is 15.2 Å². The Morgan fingerprint density at radius 1 is 1.37 bits per heavy atom. The second-order valence-electron chi connectivity index (χ2n) is 5.78. The van der Waals surface area contributed by atoms with Crippen molar-refractivity contribution in [2.45, 2.75) is 46.3 Å². The van der Waals surface area contributed by atoms with Gasteiger partial charge < -0.3 is 5.32 Å². The van der Waals surface area contributed by atoms with Gasteiger partial charge in [-0.25, -0.2) is 0 Å². The standard InChI is InChI=1S/C16H27N3/c1-6-10-19(16(3,4)5)13-15-9-8-14(12-18-15)11-17-7-2/h6,8-9,12,17H,1,7,10-11,13H2,2-5H3. The van der Waals surface area contributed by atoms with Crippen LogP contribution in [0.25, 0.3) is 0 Å². The third-order valence-electron chi connectivity index (χ3n) is 3.12. The highest BCUT2D eigenvalue weighted by atomic mass is 15.2. The highest BCUT2D eigenvalue weighted by molar-refractivity contribution is 5.14. The van der Waals surface area contributed by atoms with Gasteiger partial charge in [0.05, 0.1) is 5.69 Å². The van der Waals surface area contributed by atoms with Crippen LogP contribution in [0.4, 0.5) is 0 Å². The van der Waals surface area contributed by atoms with Crippen molar-refractivity contribution in [1.29, 1.82) is 0 Å². The second-order valence-corrected chi connectivity index (χ2v) is 5.78. The number of rotatable bonds is 7. The SMILES string of the molecule is C=CCN(Cc1ccc(CNCC)cn1)C(C)(C)C. The lowest BCUT2D eigenvalue weighted by Crippen LogP contribution is -2.41. The summed E-state index contributed by atoms with van der Waals surface area (Å²) in [5, 5.41) is 3.31. The van der Waals surface area contributed by atoms with Gasteiger partial charge in [0.2, 0.25) is 0 Å². The first-order chi connectivity index (χ1) is 8.97. The molecule has 0 aliphatic rings. The number of nitrogens with one attached hydrogen (secondary N) is 1. The van der Waals surface area contributed by atoms with Crippen LogP contribution in [0.15, 0.2) is 31.0 Å². The topological polar surface area (TPSA) is 28.2 Å². The molecule has 0 saturated carbocycles. The quantitative estimate of drug-likeness (QED) is 0.765. The first kappa shape index (κ1) is 15.9. The first-order valence-corrected chi connectivity index (χ1v) is 6.98. The molecular weight excluding hydrogens is 234 g/mol. The molecule has 1 N–H and O–H groups in total. The fourth-order valence-electron chi connectivity index (χ4n) is 1.85. The van der Waals surface area contributed by atoms with Crippen molar-refractivity contribution in [3.63, 3.8) is 0 Å². The Balaban J connectivity index is 2.67. The Bertz CT molecular complexity index is 376. The summed E-state index contributed by atoms with van der Waals surface area (Å²) in [6, 6.07) is 4.27. The summed E-state index contributed by atoms with van der Waals surface area (Å²) < 4.78 is 0. The minimum Gasteiger partial charge on any atom is -0.313 e. The molecule has 0 fully saturated rings. The van der Waals surface area contributed by atoms with Crippen LogP contribution in [-0.4, -0.2) is 28.5 Å². The van der Waals surface area contributed by atoms with Crippen LogP contribution < -0.4 is 5.32 Å². The summed E-state index contributed by atoms with van der Waals surface area (Å²) in [5.41, 5.74) is 2.46. The molecule has 1 aromatic heterocycles. The number of nitrogens with zero attached hydrogens (tertiary/aromatic N) is 2. The van der Waals surface area contributed by atoms with Gasteiger partial charge in [-0.2, -0.15) is 0 Å². The van der Waals surface area contributed by atoms with E-state index in [2.05, 4.69) is 61.6 Å². The second kappa shape index (κ2) is 7.41. The van der Waals surface area contributed by atoms with Gasteiger partial charge in [-0.15, -0.1) is 6.58 Å². The molecule has 19 heavy (non-hydrogen) atoms. The molecule has 1 aromatic rings. The predicted molar refractivity (Wildman–Crippen MR) is 82.0 cm³/mol. The predicted octanol–water partition coefficient (Wildman–Crippen LogP) is 2.98. The Morgan fingerprint density at radius 3 is 2.58 bits per heavy atom. The molecule has 1 rings (SSSR count). The fourth-order valence-corrected chi connectivity index (χ4v) is 1.85. The monoisotopic (exact) mass is 261 g/mol. The summed E-state index contributed by atoms with van der Waals surface area (Å²) >= 11 is 0. The summed E-state index contributed by atoms with van der Waals surface area (Å²) in [4.78, 5) is 6.92. The van der Waals surface area contributed by atoms with Gasteiger partial charge in [-0.1, -0.05) is 19.1 Å². The minimum absolute atomic E-state index is 0.123. The maximum absolute atomic E-state index is 4.55. The lowest BCUT2D eigenvalue weighted by molar-refractivity contribution is 0.143. The zero-order chi connectivity index (χ0) is 14.3. The maximum Gasteiger partial charge on any atom is 0.0544 e. The van der Waals surface area contributed by atoms with E-state index in [0.717, 1.165) is 31.9 Å². The Hall–Kier alpha value is -1.19. The van der Waals surface area contributed by atoms with Crippen molar-refractivity contribution in [2.75, 3.05) is 13.1 Å². The van der Waals surface area contributed by atoms with Crippen LogP contribution in [0.5, 0.6) is 0 Å². The third-order valence-corrected chi connectivity index (χ3v) is 3.12. The van der Waals surface area contributed by atoms with E-state index in [9.17, 15) is 0 Å². The van der Waals surface area contributed by atoms with Gasteiger partial charge in [0, 0.05) is 31.4 Å². The fraction of sp³-hybridized carbons (Fsp3) is 0.562. The van der Waals surface area contributed by atoms with Crippen LogP contribution in [0.3, 0.4) is 0 Å². The van der Waals surface area contributed by atoms with Crippen molar-refractivity contribution in [2.24, 2.45) is 0 Å². The smallest absolute Gasteiger partial charge is 0.0544 e. The lowest BCUT2D eigenvalue weighted by atomic mass is 10.1. The van der Waals surface area contributed by atoms with Crippen LogP contribution in [0, 0.1) is 0 Å². The normalized spacial score (nSPS) is 11.8. The Labute approximate surface area is 117 Å². The molecule has 0 aromatic carbocycles. The van der Waals surface area contributed by atoms with Crippen LogP contribution in [0.2, 0.25) is 0 Å². The maximum atomic E-state index is 4.55. The van der Waals surface area contributed by atoms with Gasteiger partial charge in [0.25, 0.3) is 0 Å². The molecule has 0 amide bonds. The molecule has 1 heterocycles. The van der Waals surface area contributed by atoms with E-state index in [1.165, 1.54) is 5.56 Å². The molecule has 0 aliphatic heterocycles. The van der Waals surface area contributed by atoms with Crippen molar-refractivity contribution >= 4 is 0 Å². The van der Waals surface area contributed by atoms with E-state index < -0.39 is 0 Å².